The number of rotatable bonds is 13. The summed E-state index contributed by atoms with van der Waals surface area (Å²) in [7, 11) is -4.07. The van der Waals surface area contributed by atoms with E-state index < -0.39 is 28.5 Å². The Balaban J connectivity index is 1.94. The molecule has 1 N–H and O–H groups in total. The fraction of sp³-hybridized carbons (Fsp3) is 0.333. The van der Waals surface area contributed by atoms with E-state index in [-0.39, 0.29) is 17.3 Å². The van der Waals surface area contributed by atoms with Crippen molar-refractivity contribution in [1.29, 1.82) is 0 Å². The van der Waals surface area contributed by atoms with Gasteiger partial charge in [-0.2, -0.15) is 0 Å². The number of unbranched alkanes of at least 4 members (excludes halogenated alkanes) is 1. The van der Waals surface area contributed by atoms with Gasteiger partial charge in [0.1, 0.15) is 12.6 Å². The smallest absolute Gasteiger partial charge is 0.264 e. The van der Waals surface area contributed by atoms with Crippen molar-refractivity contribution in [2.45, 2.75) is 51.0 Å². The van der Waals surface area contributed by atoms with Crippen LogP contribution in [0.3, 0.4) is 0 Å². The SMILES string of the molecule is CCCCNC(=O)C(C)N(CCc1ccccc1)C(=O)CN(c1ccc(Br)cc1)S(=O)(=O)c1ccc(C)cc1. The number of nitrogens with zero attached hydrogens (tertiary/aromatic N) is 2. The summed E-state index contributed by atoms with van der Waals surface area (Å²) in [6.45, 7) is 5.94. The Hall–Kier alpha value is -3.17. The van der Waals surface area contributed by atoms with E-state index in [9.17, 15) is 18.0 Å². The summed E-state index contributed by atoms with van der Waals surface area (Å²) < 4.78 is 29.5. The zero-order valence-corrected chi connectivity index (χ0v) is 25.0. The first-order valence-corrected chi connectivity index (χ1v) is 15.3. The lowest BCUT2D eigenvalue weighted by molar-refractivity contribution is -0.138. The summed E-state index contributed by atoms with van der Waals surface area (Å²) in [5, 5.41) is 2.90. The second kappa shape index (κ2) is 14.3. The summed E-state index contributed by atoms with van der Waals surface area (Å²) in [6.07, 6.45) is 2.30. The molecule has 0 spiro atoms. The normalized spacial score (nSPS) is 12.0. The van der Waals surface area contributed by atoms with E-state index in [0.717, 1.165) is 32.7 Å². The predicted molar refractivity (Wildman–Crippen MR) is 159 cm³/mol. The van der Waals surface area contributed by atoms with Crippen LogP contribution in [0.4, 0.5) is 5.69 Å². The molecule has 9 heteroatoms. The van der Waals surface area contributed by atoms with Gasteiger partial charge in [-0.25, -0.2) is 8.42 Å². The molecule has 0 fully saturated rings. The number of carbonyl (C=O) groups is 2. The van der Waals surface area contributed by atoms with Gasteiger partial charge < -0.3 is 10.2 Å². The van der Waals surface area contributed by atoms with Crippen molar-refractivity contribution in [2.75, 3.05) is 23.9 Å². The molecule has 2 amide bonds. The Morgan fingerprint density at radius 3 is 2.21 bits per heavy atom. The largest absolute Gasteiger partial charge is 0.354 e. The summed E-state index contributed by atoms with van der Waals surface area (Å²) in [4.78, 5) is 28.4. The zero-order valence-electron chi connectivity index (χ0n) is 22.6. The van der Waals surface area contributed by atoms with E-state index in [1.54, 1.807) is 43.3 Å². The summed E-state index contributed by atoms with van der Waals surface area (Å²) in [6, 6.07) is 22.2. The molecule has 0 bridgehead atoms. The Labute approximate surface area is 240 Å². The maximum absolute atomic E-state index is 13.9. The average Bonchev–Trinajstić information content (AvgIpc) is 2.93. The van der Waals surface area contributed by atoms with Crippen molar-refractivity contribution in [3.05, 3.63) is 94.5 Å². The van der Waals surface area contributed by atoms with Crippen LogP contribution >= 0.6 is 15.9 Å². The molecule has 0 aliphatic carbocycles. The van der Waals surface area contributed by atoms with Crippen molar-refractivity contribution in [1.82, 2.24) is 10.2 Å². The van der Waals surface area contributed by atoms with Gasteiger partial charge in [-0.1, -0.05) is 77.3 Å². The van der Waals surface area contributed by atoms with Crippen LogP contribution in [-0.2, 0) is 26.0 Å². The monoisotopic (exact) mass is 613 g/mol. The maximum atomic E-state index is 13.9. The minimum absolute atomic E-state index is 0.0880. The number of benzene rings is 3. The molecule has 3 aromatic carbocycles. The summed E-state index contributed by atoms with van der Waals surface area (Å²) in [5.41, 5.74) is 2.30. The van der Waals surface area contributed by atoms with Gasteiger partial charge in [0.05, 0.1) is 10.6 Å². The first kappa shape index (κ1) is 30.4. The Morgan fingerprint density at radius 1 is 0.949 bits per heavy atom. The molecule has 0 radical (unpaired) electrons. The van der Waals surface area contributed by atoms with Crippen LogP contribution in [0.15, 0.2) is 88.2 Å². The average molecular weight is 615 g/mol. The molecule has 7 nitrogen and oxygen atoms in total. The Kier molecular flexibility index (Phi) is 11.1. The number of nitrogens with one attached hydrogen (secondary N) is 1. The van der Waals surface area contributed by atoms with Crippen LogP contribution in [0, 0.1) is 6.92 Å². The topological polar surface area (TPSA) is 86.8 Å². The molecule has 0 aromatic heterocycles. The lowest BCUT2D eigenvalue weighted by atomic mass is 10.1. The Morgan fingerprint density at radius 2 is 1.59 bits per heavy atom. The van der Waals surface area contributed by atoms with Gasteiger partial charge in [-0.3, -0.25) is 13.9 Å². The number of anilines is 1. The predicted octanol–water partition coefficient (Wildman–Crippen LogP) is 5.33. The van der Waals surface area contributed by atoms with Crippen LogP contribution in [0.25, 0.3) is 0 Å². The lowest BCUT2D eigenvalue weighted by Crippen LogP contribution is -2.52. The fourth-order valence-corrected chi connectivity index (χ4v) is 5.76. The summed E-state index contributed by atoms with van der Waals surface area (Å²) >= 11 is 3.39. The third-order valence-electron chi connectivity index (χ3n) is 6.48. The van der Waals surface area contributed by atoms with E-state index in [1.807, 2.05) is 44.2 Å². The third kappa shape index (κ3) is 8.41. The molecule has 0 heterocycles. The van der Waals surface area contributed by atoms with E-state index in [4.69, 9.17) is 0 Å². The van der Waals surface area contributed by atoms with E-state index in [1.165, 1.54) is 17.0 Å². The van der Waals surface area contributed by atoms with Crippen LogP contribution in [-0.4, -0.2) is 50.8 Å². The standard InChI is InChI=1S/C30H36BrN3O4S/c1-4-5-20-32-30(36)24(3)33(21-19-25-9-7-6-8-10-25)29(35)22-34(27-15-13-26(31)14-16-27)39(37,38)28-17-11-23(2)12-18-28/h6-18,24H,4-5,19-22H2,1-3H3,(H,32,36). The van der Waals surface area contributed by atoms with Crippen LogP contribution in [0.1, 0.15) is 37.8 Å². The molecule has 208 valence electrons. The van der Waals surface area contributed by atoms with Crippen molar-refractivity contribution < 1.29 is 18.0 Å². The van der Waals surface area contributed by atoms with Gasteiger partial charge >= 0.3 is 0 Å². The molecular weight excluding hydrogens is 578 g/mol. The number of aryl methyl sites for hydroxylation is 1. The minimum Gasteiger partial charge on any atom is -0.354 e. The van der Waals surface area contributed by atoms with Gasteiger partial charge in [0.25, 0.3) is 10.0 Å². The number of hydrogen-bond acceptors (Lipinski definition) is 4. The molecule has 3 aromatic rings. The zero-order chi connectivity index (χ0) is 28.4. The highest BCUT2D eigenvalue weighted by Gasteiger charge is 2.32. The maximum Gasteiger partial charge on any atom is 0.264 e. The first-order chi connectivity index (χ1) is 18.6. The number of sulfonamides is 1. The molecule has 1 atom stereocenters. The first-order valence-electron chi connectivity index (χ1n) is 13.1. The molecule has 39 heavy (non-hydrogen) atoms. The molecule has 0 aliphatic heterocycles. The molecular formula is C30H36BrN3O4S. The van der Waals surface area contributed by atoms with Crippen molar-refractivity contribution in [2.24, 2.45) is 0 Å². The minimum atomic E-state index is -4.07. The van der Waals surface area contributed by atoms with E-state index in [2.05, 4.69) is 21.2 Å². The van der Waals surface area contributed by atoms with Gasteiger partial charge in [0.15, 0.2) is 0 Å². The lowest BCUT2D eigenvalue weighted by Gasteiger charge is -2.32. The van der Waals surface area contributed by atoms with Crippen molar-refractivity contribution in [3.63, 3.8) is 0 Å². The molecule has 0 saturated heterocycles. The number of hydrogen-bond donors (Lipinski definition) is 1. The fourth-order valence-electron chi connectivity index (χ4n) is 4.08. The quantitative estimate of drug-likeness (QED) is 0.264. The van der Waals surface area contributed by atoms with Gasteiger partial charge in [0.2, 0.25) is 11.8 Å². The second-order valence-electron chi connectivity index (χ2n) is 9.44. The van der Waals surface area contributed by atoms with Crippen LogP contribution in [0.5, 0.6) is 0 Å². The molecule has 0 aliphatic rings. The van der Waals surface area contributed by atoms with E-state index in [0.29, 0.717) is 18.7 Å². The van der Waals surface area contributed by atoms with Gasteiger partial charge in [0, 0.05) is 17.6 Å². The van der Waals surface area contributed by atoms with Gasteiger partial charge in [-0.15, -0.1) is 0 Å². The van der Waals surface area contributed by atoms with Crippen LogP contribution < -0.4 is 9.62 Å². The number of amides is 2. The molecule has 1 unspecified atom stereocenters. The summed E-state index contributed by atoms with van der Waals surface area (Å²) in [5.74, 6) is -0.718. The number of halogens is 1. The highest BCUT2D eigenvalue weighted by atomic mass is 79.9. The molecule has 3 rings (SSSR count). The van der Waals surface area contributed by atoms with E-state index >= 15 is 0 Å². The third-order valence-corrected chi connectivity index (χ3v) is 8.80. The van der Waals surface area contributed by atoms with Crippen molar-refractivity contribution >= 4 is 43.5 Å². The van der Waals surface area contributed by atoms with Gasteiger partial charge in [-0.05, 0) is 68.7 Å². The van der Waals surface area contributed by atoms with Crippen LogP contribution in [0.2, 0.25) is 0 Å². The number of carbonyl (C=O) groups excluding carboxylic acids is 2. The second-order valence-corrected chi connectivity index (χ2v) is 12.2. The highest BCUT2D eigenvalue weighted by molar-refractivity contribution is 9.10. The highest BCUT2D eigenvalue weighted by Crippen LogP contribution is 2.26. The van der Waals surface area contributed by atoms with Crippen molar-refractivity contribution in [3.8, 4) is 0 Å². The Bertz CT molecular complexity index is 1330. The molecule has 0 saturated carbocycles.